The fourth-order valence-electron chi connectivity index (χ4n) is 3.40. The van der Waals surface area contributed by atoms with Crippen molar-refractivity contribution >= 4 is 0 Å². The number of aryl methyl sites for hydroxylation is 1. The van der Waals surface area contributed by atoms with Gasteiger partial charge < -0.3 is 4.90 Å². The molecule has 0 aliphatic carbocycles. The van der Waals surface area contributed by atoms with Crippen LogP contribution in [0.2, 0.25) is 0 Å². The summed E-state index contributed by atoms with van der Waals surface area (Å²) in [6.07, 6.45) is 19.6. The van der Waals surface area contributed by atoms with Gasteiger partial charge in [-0.2, -0.15) is 0 Å². The number of hydrogen-bond acceptors (Lipinski definition) is 1. The van der Waals surface area contributed by atoms with Crippen LogP contribution >= 0.6 is 0 Å². The van der Waals surface area contributed by atoms with Gasteiger partial charge in [-0.15, -0.1) is 0 Å². The van der Waals surface area contributed by atoms with Gasteiger partial charge in [-0.05, 0) is 44.5 Å². The Morgan fingerprint density at radius 2 is 0.960 bits per heavy atom. The smallest absolute Gasteiger partial charge is 0.00157 e. The molecule has 0 bridgehead atoms. The highest BCUT2D eigenvalue weighted by molar-refractivity contribution is 5.22. The van der Waals surface area contributed by atoms with Crippen molar-refractivity contribution in [1.29, 1.82) is 0 Å². The third-order valence-corrected chi connectivity index (χ3v) is 5.19. The van der Waals surface area contributed by atoms with Gasteiger partial charge in [-0.1, -0.05) is 102 Å². The number of nitrogens with zero attached hydrogens (tertiary/aromatic N) is 1. The lowest BCUT2D eigenvalue weighted by Crippen LogP contribution is -2.14. The minimum absolute atomic E-state index is 1.14. The molecular formula is C24H43N. The summed E-state index contributed by atoms with van der Waals surface area (Å²) in [5, 5.41) is 0. The first kappa shape index (κ1) is 22.2. The molecule has 0 saturated carbocycles. The topological polar surface area (TPSA) is 3.24 Å². The highest BCUT2D eigenvalue weighted by Crippen LogP contribution is 2.14. The average Bonchev–Trinajstić information content (AvgIpc) is 2.62. The zero-order valence-electron chi connectivity index (χ0n) is 17.4. The standard InChI is InChI=1S/C24H43N/c1-4-5-6-7-8-9-10-11-12-13-14-15-16-23-17-19-24(20-18-23)21-22-25(2)3/h17-20H,4-16,21-22H2,1-3H3. The predicted octanol–water partition coefficient (Wildman–Crippen LogP) is 7.03. The lowest BCUT2D eigenvalue weighted by atomic mass is 10.0. The second-order valence-corrected chi connectivity index (χ2v) is 8.01. The number of likely N-dealkylation sites (N-methyl/N-ethyl adjacent to an activating group) is 1. The molecule has 0 spiro atoms. The van der Waals surface area contributed by atoms with Crippen molar-refractivity contribution < 1.29 is 0 Å². The molecule has 0 aliphatic heterocycles. The summed E-state index contributed by atoms with van der Waals surface area (Å²) in [6, 6.07) is 9.31. The Balaban J connectivity index is 1.92. The fourth-order valence-corrected chi connectivity index (χ4v) is 3.40. The van der Waals surface area contributed by atoms with Gasteiger partial charge in [0.1, 0.15) is 0 Å². The molecule has 0 heterocycles. The Morgan fingerprint density at radius 1 is 0.560 bits per heavy atom. The maximum absolute atomic E-state index is 2.34. The zero-order valence-corrected chi connectivity index (χ0v) is 17.4. The van der Waals surface area contributed by atoms with E-state index in [9.17, 15) is 0 Å². The summed E-state index contributed by atoms with van der Waals surface area (Å²) >= 11 is 0. The van der Waals surface area contributed by atoms with Gasteiger partial charge in [-0.3, -0.25) is 0 Å². The summed E-state index contributed by atoms with van der Waals surface area (Å²) in [5.41, 5.74) is 2.98. The van der Waals surface area contributed by atoms with E-state index in [0.29, 0.717) is 0 Å². The molecule has 1 nitrogen and oxygen atoms in total. The Labute approximate surface area is 158 Å². The Hall–Kier alpha value is -0.820. The van der Waals surface area contributed by atoms with Crippen LogP contribution in [0.3, 0.4) is 0 Å². The molecule has 0 radical (unpaired) electrons. The molecular weight excluding hydrogens is 302 g/mol. The maximum Gasteiger partial charge on any atom is 0.00157 e. The van der Waals surface area contributed by atoms with Crippen LogP contribution in [0, 0.1) is 0 Å². The van der Waals surface area contributed by atoms with E-state index >= 15 is 0 Å². The monoisotopic (exact) mass is 345 g/mol. The fraction of sp³-hybridized carbons (Fsp3) is 0.750. The maximum atomic E-state index is 2.34. The SMILES string of the molecule is CCCCCCCCCCCCCCc1ccc(CCN(C)C)cc1. The van der Waals surface area contributed by atoms with E-state index in [-0.39, 0.29) is 0 Å². The van der Waals surface area contributed by atoms with Crippen LogP contribution in [-0.4, -0.2) is 25.5 Å². The molecule has 1 aromatic carbocycles. The molecule has 0 saturated heterocycles. The zero-order chi connectivity index (χ0) is 18.2. The van der Waals surface area contributed by atoms with Crippen molar-refractivity contribution in [2.24, 2.45) is 0 Å². The van der Waals surface area contributed by atoms with Crippen molar-refractivity contribution in [2.45, 2.75) is 96.8 Å². The molecule has 0 amide bonds. The molecule has 0 aromatic heterocycles. The quantitative estimate of drug-likeness (QED) is 0.291. The summed E-state index contributed by atoms with van der Waals surface area (Å²) in [6.45, 7) is 3.43. The van der Waals surface area contributed by atoms with Crippen molar-refractivity contribution in [3.8, 4) is 0 Å². The number of hydrogen-bond donors (Lipinski definition) is 0. The third-order valence-electron chi connectivity index (χ3n) is 5.19. The molecule has 0 atom stereocenters. The van der Waals surface area contributed by atoms with E-state index in [1.54, 1.807) is 0 Å². The van der Waals surface area contributed by atoms with E-state index in [1.165, 1.54) is 94.6 Å². The van der Waals surface area contributed by atoms with E-state index in [0.717, 1.165) is 13.0 Å². The van der Waals surface area contributed by atoms with E-state index < -0.39 is 0 Å². The molecule has 25 heavy (non-hydrogen) atoms. The highest BCUT2D eigenvalue weighted by atomic mass is 15.0. The molecule has 1 aromatic rings. The molecule has 0 N–H and O–H groups in total. The first-order chi connectivity index (χ1) is 12.2. The van der Waals surface area contributed by atoms with Gasteiger partial charge in [0.05, 0.1) is 0 Å². The van der Waals surface area contributed by atoms with Crippen molar-refractivity contribution in [3.05, 3.63) is 35.4 Å². The minimum Gasteiger partial charge on any atom is -0.309 e. The predicted molar refractivity (Wildman–Crippen MR) is 113 cm³/mol. The van der Waals surface area contributed by atoms with Crippen molar-refractivity contribution in [1.82, 2.24) is 4.90 Å². The lowest BCUT2D eigenvalue weighted by Gasteiger charge is -2.09. The van der Waals surface area contributed by atoms with Gasteiger partial charge in [0.25, 0.3) is 0 Å². The summed E-state index contributed by atoms with van der Waals surface area (Å²) in [5.74, 6) is 0. The Kier molecular flexibility index (Phi) is 13.7. The van der Waals surface area contributed by atoms with E-state index in [4.69, 9.17) is 0 Å². The first-order valence-corrected chi connectivity index (χ1v) is 10.9. The van der Waals surface area contributed by atoms with E-state index in [1.807, 2.05) is 0 Å². The van der Waals surface area contributed by atoms with Crippen LogP contribution in [0.15, 0.2) is 24.3 Å². The summed E-state index contributed by atoms with van der Waals surface area (Å²) in [4.78, 5) is 2.25. The van der Waals surface area contributed by atoms with Gasteiger partial charge in [0.15, 0.2) is 0 Å². The number of rotatable bonds is 16. The second-order valence-electron chi connectivity index (χ2n) is 8.01. The van der Waals surface area contributed by atoms with Crippen LogP contribution in [0.4, 0.5) is 0 Å². The van der Waals surface area contributed by atoms with Gasteiger partial charge in [0.2, 0.25) is 0 Å². The van der Waals surface area contributed by atoms with Crippen LogP contribution < -0.4 is 0 Å². The van der Waals surface area contributed by atoms with Crippen molar-refractivity contribution in [2.75, 3.05) is 20.6 Å². The largest absolute Gasteiger partial charge is 0.309 e. The first-order valence-electron chi connectivity index (χ1n) is 10.9. The van der Waals surface area contributed by atoms with Crippen molar-refractivity contribution in [3.63, 3.8) is 0 Å². The van der Waals surface area contributed by atoms with Crippen LogP contribution in [-0.2, 0) is 12.8 Å². The van der Waals surface area contributed by atoms with Gasteiger partial charge in [-0.25, -0.2) is 0 Å². The number of unbranched alkanes of at least 4 members (excludes halogenated alkanes) is 11. The van der Waals surface area contributed by atoms with Crippen LogP contribution in [0.1, 0.15) is 95.1 Å². The molecule has 1 heteroatoms. The molecule has 1 rings (SSSR count). The highest BCUT2D eigenvalue weighted by Gasteiger charge is 1.98. The Bertz CT molecular complexity index is 393. The van der Waals surface area contributed by atoms with Crippen LogP contribution in [0.5, 0.6) is 0 Å². The second kappa shape index (κ2) is 15.4. The molecule has 144 valence electrons. The molecule has 0 unspecified atom stereocenters. The minimum atomic E-state index is 1.14. The molecule has 0 aliphatic rings. The third kappa shape index (κ3) is 13.1. The summed E-state index contributed by atoms with van der Waals surface area (Å²) in [7, 11) is 4.28. The van der Waals surface area contributed by atoms with Crippen LogP contribution in [0.25, 0.3) is 0 Å². The van der Waals surface area contributed by atoms with Gasteiger partial charge >= 0.3 is 0 Å². The van der Waals surface area contributed by atoms with Gasteiger partial charge in [0, 0.05) is 6.54 Å². The lowest BCUT2D eigenvalue weighted by molar-refractivity contribution is 0.413. The Morgan fingerprint density at radius 3 is 1.40 bits per heavy atom. The summed E-state index contributed by atoms with van der Waals surface area (Å²) < 4.78 is 0. The average molecular weight is 346 g/mol. The normalized spacial score (nSPS) is 11.4. The molecule has 0 fully saturated rings. The number of benzene rings is 1. The van der Waals surface area contributed by atoms with E-state index in [2.05, 4.69) is 50.2 Å².